The zero-order chi connectivity index (χ0) is 21.8. The van der Waals surface area contributed by atoms with Gasteiger partial charge in [0.25, 0.3) is 0 Å². The average molecular weight is 416 g/mol. The number of aliphatic imine (C=N–C) groups is 1. The number of benzene rings is 3. The van der Waals surface area contributed by atoms with Crippen LogP contribution in [-0.4, -0.2) is 11.2 Å². The summed E-state index contributed by atoms with van der Waals surface area (Å²) < 4.78 is 39.5. The fraction of sp³-hybridized carbons (Fsp3) is 0.115. The lowest BCUT2D eigenvalue weighted by atomic mass is 9.89. The van der Waals surface area contributed by atoms with Crippen LogP contribution in [0.5, 0.6) is 0 Å². The van der Waals surface area contributed by atoms with E-state index in [0.29, 0.717) is 5.56 Å². The summed E-state index contributed by atoms with van der Waals surface area (Å²) >= 11 is 0. The number of hydrogen-bond acceptors (Lipinski definition) is 1. The van der Waals surface area contributed by atoms with Gasteiger partial charge >= 0.3 is 6.18 Å². The second-order valence-electron chi connectivity index (χ2n) is 7.79. The molecule has 5 heteroatoms. The molecule has 0 spiro atoms. The molecule has 3 aromatic carbocycles. The number of nitrogens with one attached hydrogen (secondary N) is 1. The van der Waals surface area contributed by atoms with Gasteiger partial charge in [0.2, 0.25) is 0 Å². The van der Waals surface area contributed by atoms with Crippen LogP contribution < -0.4 is 0 Å². The van der Waals surface area contributed by atoms with Crippen LogP contribution in [0.15, 0.2) is 71.9 Å². The van der Waals surface area contributed by atoms with Crippen molar-refractivity contribution in [2.24, 2.45) is 4.99 Å². The number of hydrogen-bond donors (Lipinski definition) is 1. The maximum Gasteiger partial charge on any atom is 0.416 e. The lowest BCUT2D eigenvalue weighted by Crippen LogP contribution is -2.04. The van der Waals surface area contributed by atoms with Crippen LogP contribution in [0.3, 0.4) is 0 Å². The molecule has 0 unspecified atom stereocenters. The Bertz CT molecular complexity index is 1370. The number of H-pyrrole nitrogens is 1. The van der Waals surface area contributed by atoms with Crippen molar-refractivity contribution in [2.75, 3.05) is 0 Å². The fourth-order valence-electron chi connectivity index (χ4n) is 4.24. The predicted molar refractivity (Wildman–Crippen MR) is 120 cm³/mol. The van der Waals surface area contributed by atoms with Crippen molar-refractivity contribution in [1.29, 1.82) is 0 Å². The van der Waals surface area contributed by atoms with E-state index < -0.39 is 11.7 Å². The summed E-state index contributed by atoms with van der Waals surface area (Å²) in [5.41, 5.74) is 7.82. The molecule has 1 aliphatic heterocycles. The first-order chi connectivity index (χ1) is 14.8. The molecular formula is C26H19F3N2. The number of rotatable bonds is 2. The summed E-state index contributed by atoms with van der Waals surface area (Å²) in [7, 11) is 0. The maximum atomic E-state index is 13.2. The van der Waals surface area contributed by atoms with Gasteiger partial charge in [0.05, 0.1) is 11.3 Å². The van der Waals surface area contributed by atoms with E-state index in [1.54, 1.807) is 12.1 Å². The molecule has 0 atom stereocenters. The molecule has 1 aliphatic rings. The molecule has 5 rings (SSSR count). The van der Waals surface area contributed by atoms with Crippen molar-refractivity contribution in [3.8, 4) is 0 Å². The standard InChI is InChI=1S/C26H19F3N2/c1-15-5-3-7-19-21(13-30-24(15)19)23(17-9-11-18(12-10-17)26(27,28)29)22-14-31-25-16(2)6-4-8-20(22)25/h3-14,30H,1-2H3/b23-22-. The van der Waals surface area contributed by atoms with Gasteiger partial charge in [0, 0.05) is 45.6 Å². The second-order valence-corrected chi connectivity index (χ2v) is 7.79. The minimum absolute atomic E-state index is 0.660. The van der Waals surface area contributed by atoms with Crippen LogP contribution in [0, 0.1) is 13.8 Å². The van der Waals surface area contributed by atoms with Gasteiger partial charge < -0.3 is 4.98 Å². The molecule has 0 radical (unpaired) electrons. The first-order valence-electron chi connectivity index (χ1n) is 9.97. The Morgan fingerprint density at radius 2 is 1.58 bits per heavy atom. The Labute approximate surface area is 177 Å². The molecule has 0 saturated heterocycles. The molecular weight excluding hydrogens is 397 g/mol. The number of aromatic amines is 1. The van der Waals surface area contributed by atoms with Crippen LogP contribution in [0.2, 0.25) is 0 Å². The Balaban J connectivity index is 1.80. The summed E-state index contributed by atoms with van der Waals surface area (Å²) in [5.74, 6) is 0. The van der Waals surface area contributed by atoms with Crippen LogP contribution in [0.25, 0.3) is 22.0 Å². The van der Waals surface area contributed by atoms with Gasteiger partial charge in [-0.05, 0) is 42.7 Å². The van der Waals surface area contributed by atoms with E-state index in [9.17, 15) is 13.2 Å². The van der Waals surface area contributed by atoms with E-state index >= 15 is 0 Å². The largest absolute Gasteiger partial charge is 0.416 e. The van der Waals surface area contributed by atoms with E-state index in [4.69, 9.17) is 0 Å². The van der Waals surface area contributed by atoms with Crippen molar-refractivity contribution < 1.29 is 13.2 Å². The summed E-state index contributed by atoms with van der Waals surface area (Å²) in [6, 6.07) is 17.4. The third kappa shape index (κ3) is 3.17. The molecule has 4 aromatic rings. The quantitative estimate of drug-likeness (QED) is 0.351. The SMILES string of the molecule is Cc1cccc2c1N=C/C2=C(\c1ccc(C(F)(F)F)cc1)c1c[nH]c2c(C)cccc12. The smallest absolute Gasteiger partial charge is 0.360 e. The normalized spacial score (nSPS) is 14.9. The van der Waals surface area contributed by atoms with E-state index in [1.807, 2.05) is 62.7 Å². The maximum absolute atomic E-state index is 13.2. The number of aryl methyl sites for hydroxylation is 2. The van der Waals surface area contributed by atoms with E-state index in [0.717, 1.165) is 62.1 Å². The van der Waals surface area contributed by atoms with Crippen LogP contribution in [0.4, 0.5) is 18.9 Å². The van der Waals surface area contributed by atoms with Crippen LogP contribution in [-0.2, 0) is 6.18 Å². The average Bonchev–Trinajstić information content (AvgIpc) is 3.35. The van der Waals surface area contributed by atoms with Gasteiger partial charge in [-0.2, -0.15) is 13.2 Å². The fourth-order valence-corrected chi connectivity index (χ4v) is 4.24. The Morgan fingerprint density at radius 1 is 0.871 bits per heavy atom. The molecule has 0 fully saturated rings. The molecule has 0 aliphatic carbocycles. The van der Waals surface area contributed by atoms with Gasteiger partial charge in [-0.1, -0.05) is 48.5 Å². The van der Waals surface area contributed by atoms with E-state index in [1.165, 1.54) is 0 Å². The minimum atomic E-state index is -4.37. The van der Waals surface area contributed by atoms with Gasteiger partial charge in [-0.25, -0.2) is 0 Å². The third-order valence-corrected chi connectivity index (χ3v) is 5.81. The van der Waals surface area contributed by atoms with E-state index in [2.05, 4.69) is 9.98 Å². The van der Waals surface area contributed by atoms with Crippen molar-refractivity contribution in [2.45, 2.75) is 20.0 Å². The van der Waals surface area contributed by atoms with Gasteiger partial charge in [-0.15, -0.1) is 0 Å². The highest BCUT2D eigenvalue weighted by atomic mass is 19.4. The molecule has 2 nitrogen and oxygen atoms in total. The van der Waals surface area contributed by atoms with Gasteiger partial charge in [-0.3, -0.25) is 4.99 Å². The molecule has 1 N–H and O–H groups in total. The zero-order valence-electron chi connectivity index (χ0n) is 17.0. The molecule has 2 heterocycles. The number of aromatic nitrogens is 1. The first-order valence-corrected chi connectivity index (χ1v) is 9.97. The number of allylic oxidation sites excluding steroid dienone is 1. The monoisotopic (exact) mass is 416 g/mol. The van der Waals surface area contributed by atoms with Crippen LogP contribution >= 0.6 is 0 Å². The molecule has 1 aromatic heterocycles. The first kappa shape index (κ1) is 19.4. The van der Waals surface area contributed by atoms with Gasteiger partial charge in [0.15, 0.2) is 0 Å². The Morgan fingerprint density at radius 3 is 2.32 bits per heavy atom. The summed E-state index contributed by atoms with van der Waals surface area (Å²) in [6.45, 7) is 4.04. The number of alkyl halides is 3. The number of halogens is 3. The predicted octanol–water partition coefficient (Wildman–Crippen LogP) is 7.48. The Hall–Kier alpha value is -3.60. The summed E-state index contributed by atoms with van der Waals surface area (Å²) in [5, 5.41) is 1.02. The van der Waals surface area contributed by atoms with E-state index in [-0.39, 0.29) is 0 Å². The van der Waals surface area contributed by atoms with Crippen molar-refractivity contribution in [1.82, 2.24) is 4.98 Å². The lowest BCUT2D eigenvalue weighted by Gasteiger charge is -2.14. The minimum Gasteiger partial charge on any atom is -0.360 e. The highest BCUT2D eigenvalue weighted by Gasteiger charge is 2.30. The van der Waals surface area contributed by atoms with Crippen molar-refractivity contribution in [3.05, 3.63) is 100 Å². The Kier molecular flexibility index (Phi) is 4.36. The lowest BCUT2D eigenvalue weighted by molar-refractivity contribution is -0.137. The molecule has 0 amide bonds. The summed E-state index contributed by atoms with van der Waals surface area (Å²) in [6.07, 6.45) is -0.624. The van der Waals surface area contributed by atoms with Gasteiger partial charge in [0.1, 0.15) is 0 Å². The molecule has 154 valence electrons. The highest BCUT2D eigenvalue weighted by Crippen LogP contribution is 2.43. The summed E-state index contributed by atoms with van der Waals surface area (Å²) in [4.78, 5) is 7.96. The third-order valence-electron chi connectivity index (χ3n) is 5.81. The van der Waals surface area contributed by atoms with Crippen molar-refractivity contribution >= 4 is 34.0 Å². The number of nitrogens with zero attached hydrogens (tertiary/aromatic N) is 1. The molecule has 31 heavy (non-hydrogen) atoms. The highest BCUT2D eigenvalue weighted by molar-refractivity contribution is 6.28. The topological polar surface area (TPSA) is 28.1 Å². The van der Waals surface area contributed by atoms with Crippen LogP contribution in [0.1, 0.15) is 33.4 Å². The molecule has 0 saturated carbocycles. The second kappa shape index (κ2) is 6.98. The number of fused-ring (bicyclic) bond motifs is 2. The van der Waals surface area contributed by atoms with Crippen molar-refractivity contribution in [3.63, 3.8) is 0 Å². The number of para-hydroxylation sites is 2. The molecule has 0 bridgehead atoms. The zero-order valence-corrected chi connectivity index (χ0v) is 17.0.